The Morgan fingerprint density at radius 1 is 1.08 bits per heavy atom. The van der Waals surface area contributed by atoms with Crippen molar-refractivity contribution in [3.63, 3.8) is 0 Å². The molecule has 7 nitrogen and oxygen atoms in total. The minimum atomic E-state index is -3.48. The summed E-state index contributed by atoms with van der Waals surface area (Å²) in [6.07, 6.45) is 3.85. The SMILES string of the molecule is O=S(=O)(Cc1ccc(F)cc1)NCCNc1cc(N2CCCC2)ncn1. The van der Waals surface area contributed by atoms with Crippen LogP contribution in [-0.4, -0.2) is 44.6 Å². The maximum atomic E-state index is 12.9. The number of hydrogen-bond donors (Lipinski definition) is 2. The van der Waals surface area contributed by atoms with Gasteiger partial charge in [-0.2, -0.15) is 0 Å². The summed E-state index contributed by atoms with van der Waals surface area (Å²) in [4.78, 5) is 10.6. The average Bonchev–Trinajstić information content (AvgIpc) is 3.16. The maximum absolute atomic E-state index is 12.9. The number of aromatic nitrogens is 2. The zero-order valence-corrected chi connectivity index (χ0v) is 15.2. The van der Waals surface area contributed by atoms with E-state index in [1.54, 1.807) is 0 Å². The Morgan fingerprint density at radius 3 is 2.54 bits per heavy atom. The van der Waals surface area contributed by atoms with Gasteiger partial charge < -0.3 is 10.2 Å². The smallest absolute Gasteiger partial charge is 0.215 e. The van der Waals surface area contributed by atoms with Gasteiger partial charge in [0, 0.05) is 32.2 Å². The van der Waals surface area contributed by atoms with Gasteiger partial charge in [-0.3, -0.25) is 0 Å². The van der Waals surface area contributed by atoms with E-state index in [2.05, 4.69) is 24.9 Å². The second kappa shape index (κ2) is 8.41. The van der Waals surface area contributed by atoms with E-state index in [0.29, 0.717) is 17.9 Å². The van der Waals surface area contributed by atoms with E-state index < -0.39 is 10.0 Å². The highest BCUT2D eigenvalue weighted by Gasteiger charge is 2.14. The molecule has 1 aliphatic rings. The third-order valence-electron chi connectivity index (χ3n) is 4.11. The minimum Gasteiger partial charge on any atom is -0.369 e. The summed E-state index contributed by atoms with van der Waals surface area (Å²) >= 11 is 0. The van der Waals surface area contributed by atoms with Crippen LogP contribution in [-0.2, 0) is 15.8 Å². The fourth-order valence-electron chi connectivity index (χ4n) is 2.81. The number of nitrogens with zero attached hydrogens (tertiary/aromatic N) is 3. The van der Waals surface area contributed by atoms with Crippen molar-refractivity contribution >= 4 is 21.7 Å². The molecule has 26 heavy (non-hydrogen) atoms. The van der Waals surface area contributed by atoms with E-state index in [4.69, 9.17) is 0 Å². The molecule has 140 valence electrons. The van der Waals surface area contributed by atoms with Gasteiger partial charge in [0.05, 0.1) is 5.75 Å². The third-order valence-corrected chi connectivity index (χ3v) is 5.46. The number of sulfonamides is 1. The fraction of sp³-hybridized carbons (Fsp3) is 0.412. The highest BCUT2D eigenvalue weighted by molar-refractivity contribution is 7.88. The van der Waals surface area contributed by atoms with Crippen molar-refractivity contribution in [1.29, 1.82) is 0 Å². The van der Waals surface area contributed by atoms with Gasteiger partial charge >= 0.3 is 0 Å². The van der Waals surface area contributed by atoms with Crippen molar-refractivity contribution in [3.05, 3.63) is 48.0 Å². The highest BCUT2D eigenvalue weighted by atomic mass is 32.2. The van der Waals surface area contributed by atoms with Crippen LogP contribution in [0.15, 0.2) is 36.7 Å². The molecule has 1 saturated heterocycles. The number of nitrogens with one attached hydrogen (secondary N) is 2. The average molecular weight is 379 g/mol. The van der Waals surface area contributed by atoms with E-state index in [0.717, 1.165) is 18.9 Å². The number of anilines is 2. The first-order chi connectivity index (χ1) is 12.5. The summed E-state index contributed by atoms with van der Waals surface area (Å²) in [5.74, 6) is 0.984. The fourth-order valence-corrected chi connectivity index (χ4v) is 3.96. The summed E-state index contributed by atoms with van der Waals surface area (Å²) in [6, 6.07) is 7.30. The lowest BCUT2D eigenvalue weighted by molar-refractivity contribution is 0.581. The highest BCUT2D eigenvalue weighted by Crippen LogP contribution is 2.19. The van der Waals surface area contributed by atoms with Crippen LogP contribution in [0.5, 0.6) is 0 Å². The molecule has 1 aromatic heterocycles. The van der Waals surface area contributed by atoms with Gasteiger partial charge in [0.25, 0.3) is 0 Å². The van der Waals surface area contributed by atoms with Crippen molar-refractivity contribution < 1.29 is 12.8 Å². The van der Waals surface area contributed by atoms with E-state index in [9.17, 15) is 12.8 Å². The van der Waals surface area contributed by atoms with Crippen molar-refractivity contribution in [2.45, 2.75) is 18.6 Å². The minimum absolute atomic E-state index is 0.181. The van der Waals surface area contributed by atoms with Crippen molar-refractivity contribution in [1.82, 2.24) is 14.7 Å². The molecular weight excluding hydrogens is 357 g/mol. The Morgan fingerprint density at radius 2 is 1.81 bits per heavy atom. The number of halogens is 1. The van der Waals surface area contributed by atoms with Crippen LogP contribution in [0.4, 0.5) is 16.0 Å². The standard InChI is InChI=1S/C17H22FN5O2S/c18-15-5-3-14(4-6-15)12-26(24,25)22-8-7-19-16-11-17(21-13-20-16)23-9-1-2-10-23/h3-6,11,13,22H,1-2,7-10,12H2,(H,19,20,21). The van der Waals surface area contributed by atoms with Crippen LogP contribution in [0.25, 0.3) is 0 Å². The van der Waals surface area contributed by atoms with Gasteiger partial charge in [0.1, 0.15) is 23.8 Å². The molecule has 2 N–H and O–H groups in total. The van der Waals surface area contributed by atoms with Crippen molar-refractivity contribution in [2.75, 3.05) is 36.4 Å². The number of benzene rings is 1. The molecule has 1 fully saturated rings. The lowest BCUT2D eigenvalue weighted by atomic mass is 10.2. The van der Waals surface area contributed by atoms with Crippen molar-refractivity contribution in [3.8, 4) is 0 Å². The summed E-state index contributed by atoms with van der Waals surface area (Å²) in [5.41, 5.74) is 0.540. The zero-order valence-electron chi connectivity index (χ0n) is 14.4. The largest absolute Gasteiger partial charge is 0.369 e. The van der Waals surface area contributed by atoms with E-state index >= 15 is 0 Å². The van der Waals surface area contributed by atoms with Gasteiger partial charge in [-0.05, 0) is 30.5 Å². The molecule has 1 aromatic carbocycles. The van der Waals surface area contributed by atoms with Gasteiger partial charge in [-0.25, -0.2) is 27.5 Å². The molecule has 0 spiro atoms. The molecule has 2 heterocycles. The number of hydrogen-bond acceptors (Lipinski definition) is 6. The van der Waals surface area contributed by atoms with Gasteiger partial charge in [0.15, 0.2) is 0 Å². The first-order valence-electron chi connectivity index (χ1n) is 8.54. The molecule has 3 rings (SSSR count). The van der Waals surface area contributed by atoms with E-state index in [1.807, 2.05) is 6.07 Å². The topological polar surface area (TPSA) is 87.2 Å². The molecule has 0 amide bonds. The Bertz CT molecular complexity index is 823. The van der Waals surface area contributed by atoms with Crippen molar-refractivity contribution in [2.24, 2.45) is 0 Å². The molecule has 1 aliphatic heterocycles. The molecule has 9 heteroatoms. The van der Waals surface area contributed by atoms with Crippen LogP contribution >= 0.6 is 0 Å². The molecule has 0 aliphatic carbocycles. The third kappa shape index (κ3) is 5.37. The molecule has 0 saturated carbocycles. The summed E-state index contributed by atoms with van der Waals surface area (Å²) in [6.45, 7) is 2.63. The van der Waals surface area contributed by atoms with Crippen LogP contribution < -0.4 is 14.9 Å². The number of rotatable bonds is 8. The monoisotopic (exact) mass is 379 g/mol. The van der Waals surface area contributed by atoms with Gasteiger partial charge in [0.2, 0.25) is 10.0 Å². The predicted octanol–water partition coefficient (Wildman–Crippen LogP) is 1.75. The Hall–Kier alpha value is -2.26. The first kappa shape index (κ1) is 18.5. The summed E-state index contributed by atoms with van der Waals surface area (Å²) in [7, 11) is -3.48. The second-order valence-electron chi connectivity index (χ2n) is 6.16. The maximum Gasteiger partial charge on any atom is 0.215 e. The van der Waals surface area contributed by atoms with Gasteiger partial charge in [-0.15, -0.1) is 0 Å². The van der Waals surface area contributed by atoms with Crippen LogP contribution in [0.3, 0.4) is 0 Å². The van der Waals surface area contributed by atoms with E-state index in [1.165, 1.54) is 43.4 Å². The molecular formula is C17H22FN5O2S. The normalized spacial score (nSPS) is 14.6. The Labute approximate surface area is 152 Å². The molecule has 2 aromatic rings. The van der Waals surface area contributed by atoms with E-state index in [-0.39, 0.29) is 18.1 Å². The molecule has 0 atom stereocenters. The molecule has 0 radical (unpaired) electrons. The molecule has 0 bridgehead atoms. The lowest BCUT2D eigenvalue weighted by Crippen LogP contribution is -2.30. The Kier molecular flexibility index (Phi) is 6.00. The predicted molar refractivity (Wildman–Crippen MR) is 99.0 cm³/mol. The summed E-state index contributed by atoms with van der Waals surface area (Å²) < 4.78 is 39.5. The lowest BCUT2D eigenvalue weighted by Gasteiger charge is -2.16. The summed E-state index contributed by atoms with van der Waals surface area (Å²) in [5, 5.41) is 3.10. The quantitative estimate of drug-likeness (QED) is 0.680. The first-order valence-corrected chi connectivity index (χ1v) is 10.2. The molecule has 0 unspecified atom stereocenters. The van der Waals surface area contributed by atoms with Crippen LogP contribution in [0.1, 0.15) is 18.4 Å². The van der Waals surface area contributed by atoms with Crippen LogP contribution in [0.2, 0.25) is 0 Å². The zero-order chi connectivity index (χ0) is 18.4. The Balaban J connectivity index is 1.46. The van der Waals surface area contributed by atoms with Crippen LogP contribution in [0, 0.1) is 5.82 Å². The van der Waals surface area contributed by atoms with Gasteiger partial charge in [-0.1, -0.05) is 12.1 Å². The second-order valence-corrected chi connectivity index (χ2v) is 7.97.